The molecular formula is C17H35IN4. The van der Waals surface area contributed by atoms with Crippen LogP contribution in [0.15, 0.2) is 4.99 Å². The van der Waals surface area contributed by atoms with Gasteiger partial charge < -0.3 is 10.6 Å². The van der Waals surface area contributed by atoms with Gasteiger partial charge >= 0.3 is 0 Å². The van der Waals surface area contributed by atoms with Gasteiger partial charge in [0.05, 0.1) is 6.54 Å². The van der Waals surface area contributed by atoms with Gasteiger partial charge in [-0.25, -0.2) is 0 Å². The van der Waals surface area contributed by atoms with Gasteiger partial charge in [0.2, 0.25) is 0 Å². The molecule has 2 aliphatic heterocycles. The summed E-state index contributed by atoms with van der Waals surface area (Å²) in [4.78, 5) is 9.64. The first kappa shape index (κ1) is 20.0. The maximum Gasteiger partial charge on any atom is 0.191 e. The van der Waals surface area contributed by atoms with Crippen molar-refractivity contribution in [3.63, 3.8) is 0 Å². The molecule has 0 aromatic heterocycles. The van der Waals surface area contributed by atoms with Gasteiger partial charge in [-0.15, -0.1) is 24.0 Å². The Hall–Kier alpha value is -0.0400. The largest absolute Gasteiger partial charge is 0.370 e. The highest BCUT2D eigenvalue weighted by molar-refractivity contribution is 14.0. The Kier molecular flexibility index (Phi) is 9.05. The fourth-order valence-corrected chi connectivity index (χ4v) is 3.52. The predicted octanol–water partition coefficient (Wildman–Crippen LogP) is 3.16. The molecule has 0 radical (unpaired) electrons. The summed E-state index contributed by atoms with van der Waals surface area (Å²) >= 11 is 0. The van der Waals surface area contributed by atoms with Crippen molar-refractivity contribution in [2.45, 2.75) is 58.9 Å². The smallest absolute Gasteiger partial charge is 0.191 e. The molecule has 1 atom stereocenters. The average molecular weight is 422 g/mol. The number of nitrogens with zero attached hydrogens (tertiary/aromatic N) is 3. The summed E-state index contributed by atoms with van der Waals surface area (Å²) in [6, 6.07) is 0.542. The third-order valence-electron chi connectivity index (χ3n) is 5.18. The molecule has 4 nitrogen and oxygen atoms in total. The highest BCUT2D eigenvalue weighted by Gasteiger charge is 2.25. The van der Waals surface area contributed by atoms with E-state index in [0.717, 1.165) is 31.5 Å². The first-order valence-corrected chi connectivity index (χ1v) is 8.87. The maximum atomic E-state index is 6.21. The average Bonchev–Trinajstić information content (AvgIpc) is 2.49. The summed E-state index contributed by atoms with van der Waals surface area (Å²) in [6.07, 6.45) is 6.51. The van der Waals surface area contributed by atoms with Crippen molar-refractivity contribution in [3.8, 4) is 0 Å². The van der Waals surface area contributed by atoms with Crippen LogP contribution in [0.2, 0.25) is 0 Å². The lowest BCUT2D eigenvalue weighted by atomic mass is 9.94. The van der Waals surface area contributed by atoms with Crippen molar-refractivity contribution in [1.82, 2.24) is 9.80 Å². The van der Waals surface area contributed by atoms with Crippen LogP contribution in [0.4, 0.5) is 0 Å². The second-order valence-corrected chi connectivity index (χ2v) is 7.28. The van der Waals surface area contributed by atoms with E-state index in [1.54, 1.807) is 0 Å². The number of halogens is 1. The van der Waals surface area contributed by atoms with E-state index in [-0.39, 0.29) is 24.0 Å². The molecule has 2 N–H and O–H groups in total. The Balaban J connectivity index is 0.00000242. The molecule has 0 aliphatic carbocycles. The van der Waals surface area contributed by atoms with Gasteiger partial charge in [-0.3, -0.25) is 9.89 Å². The van der Waals surface area contributed by atoms with Crippen LogP contribution in [-0.2, 0) is 0 Å². The van der Waals surface area contributed by atoms with Crippen LogP contribution >= 0.6 is 24.0 Å². The van der Waals surface area contributed by atoms with Gasteiger partial charge in [-0.2, -0.15) is 0 Å². The fourth-order valence-electron chi connectivity index (χ4n) is 3.52. The molecule has 0 amide bonds. The summed E-state index contributed by atoms with van der Waals surface area (Å²) in [5.41, 5.74) is 6.21. The summed E-state index contributed by atoms with van der Waals surface area (Å²) in [5.74, 6) is 2.29. The highest BCUT2D eigenvalue weighted by Crippen LogP contribution is 2.21. The molecule has 0 saturated carbocycles. The van der Waals surface area contributed by atoms with Gasteiger partial charge in [0.25, 0.3) is 0 Å². The molecule has 2 rings (SSSR count). The van der Waals surface area contributed by atoms with Gasteiger partial charge in [-0.05, 0) is 57.0 Å². The van der Waals surface area contributed by atoms with Crippen LogP contribution in [0.3, 0.4) is 0 Å². The second kappa shape index (κ2) is 9.96. The lowest BCUT2D eigenvalue weighted by Gasteiger charge is -2.38. The molecule has 2 heterocycles. The van der Waals surface area contributed by atoms with Crippen LogP contribution in [-0.4, -0.2) is 54.5 Å². The fraction of sp³-hybridized carbons (Fsp3) is 0.941. The van der Waals surface area contributed by atoms with Crippen molar-refractivity contribution in [2.75, 3.05) is 32.7 Å². The Labute approximate surface area is 153 Å². The van der Waals surface area contributed by atoms with Crippen LogP contribution in [0, 0.1) is 11.8 Å². The minimum Gasteiger partial charge on any atom is -0.370 e. The highest BCUT2D eigenvalue weighted by atomic mass is 127. The molecule has 2 fully saturated rings. The lowest BCUT2D eigenvalue weighted by Crippen LogP contribution is -2.46. The molecule has 0 spiro atoms. The summed E-state index contributed by atoms with van der Waals surface area (Å²) in [7, 11) is 0. The molecule has 2 aliphatic rings. The molecule has 130 valence electrons. The van der Waals surface area contributed by atoms with Gasteiger partial charge in [0, 0.05) is 19.1 Å². The summed E-state index contributed by atoms with van der Waals surface area (Å²) in [5, 5.41) is 0. The summed E-state index contributed by atoms with van der Waals surface area (Å²) < 4.78 is 0. The lowest BCUT2D eigenvalue weighted by molar-refractivity contribution is 0.113. The monoisotopic (exact) mass is 422 g/mol. The van der Waals surface area contributed by atoms with Gasteiger partial charge in [0.1, 0.15) is 0 Å². The quantitative estimate of drug-likeness (QED) is 0.430. The Morgan fingerprint density at radius 1 is 1.09 bits per heavy atom. The normalized spacial score (nSPS) is 23.5. The SMILES string of the molecule is CC1CCN(C(CN=C(N)N2CCCCC2)C(C)C)CC1.I. The van der Waals surface area contributed by atoms with E-state index in [1.165, 1.54) is 45.2 Å². The maximum absolute atomic E-state index is 6.21. The number of hydrogen-bond donors (Lipinski definition) is 1. The summed E-state index contributed by atoms with van der Waals surface area (Å²) in [6.45, 7) is 12.5. The Morgan fingerprint density at radius 2 is 1.68 bits per heavy atom. The molecule has 5 heteroatoms. The second-order valence-electron chi connectivity index (χ2n) is 7.28. The molecule has 22 heavy (non-hydrogen) atoms. The van der Waals surface area contributed by atoms with Gasteiger partial charge in [-0.1, -0.05) is 20.8 Å². The van der Waals surface area contributed by atoms with E-state index in [2.05, 4.69) is 30.6 Å². The minimum absolute atomic E-state index is 0. The topological polar surface area (TPSA) is 44.9 Å². The molecule has 2 saturated heterocycles. The molecule has 0 bridgehead atoms. The minimum atomic E-state index is 0. The van der Waals surface area contributed by atoms with Crippen LogP contribution in [0.5, 0.6) is 0 Å². The van der Waals surface area contributed by atoms with E-state index >= 15 is 0 Å². The Morgan fingerprint density at radius 3 is 2.23 bits per heavy atom. The Bertz CT molecular complexity index is 332. The number of hydrogen-bond acceptors (Lipinski definition) is 2. The third kappa shape index (κ3) is 5.87. The molecule has 0 aromatic rings. The third-order valence-corrected chi connectivity index (χ3v) is 5.18. The standard InChI is InChI=1S/C17H34N4.HI/c1-14(2)16(20-11-7-15(3)8-12-20)13-19-17(18)21-9-5-4-6-10-21;/h14-16H,4-13H2,1-3H3,(H2,18,19);1H. The zero-order chi connectivity index (χ0) is 15.2. The molecular weight excluding hydrogens is 387 g/mol. The van der Waals surface area contributed by atoms with Crippen LogP contribution in [0.1, 0.15) is 52.9 Å². The van der Waals surface area contributed by atoms with E-state index < -0.39 is 0 Å². The first-order chi connectivity index (χ1) is 10.1. The predicted molar refractivity (Wildman–Crippen MR) is 106 cm³/mol. The number of piperidine rings is 2. The number of aliphatic imine (C=N–C) groups is 1. The zero-order valence-electron chi connectivity index (χ0n) is 14.6. The number of nitrogens with two attached hydrogens (primary N) is 1. The molecule has 0 aromatic carbocycles. The van der Waals surface area contributed by atoms with Crippen molar-refractivity contribution < 1.29 is 0 Å². The van der Waals surface area contributed by atoms with E-state index in [4.69, 9.17) is 10.7 Å². The van der Waals surface area contributed by atoms with Crippen molar-refractivity contribution in [2.24, 2.45) is 22.6 Å². The van der Waals surface area contributed by atoms with Crippen molar-refractivity contribution in [1.29, 1.82) is 0 Å². The number of likely N-dealkylation sites (tertiary alicyclic amines) is 2. The number of rotatable bonds is 4. The zero-order valence-corrected chi connectivity index (χ0v) is 17.0. The van der Waals surface area contributed by atoms with E-state index in [0.29, 0.717) is 12.0 Å². The van der Waals surface area contributed by atoms with E-state index in [9.17, 15) is 0 Å². The molecule has 1 unspecified atom stereocenters. The van der Waals surface area contributed by atoms with Gasteiger partial charge in [0.15, 0.2) is 5.96 Å². The van der Waals surface area contributed by atoms with Crippen LogP contribution < -0.4 is 5.73 Å². The first-order valence-electron chi connectivity index (χ1n) is 8.87. The van der Waals surface area contributed by atoms with Crippen LogP contribution in [0.25, 0.3) is 0 Å². The van der Waals surface area contributed by atoms with Crippen molar-refractivity contribution in [3.05, 3.63) is 0 Å². The van der Waals surface area contributed by atoms with E-state index in [1.807, 2.05) is 0 Å². The number of guanidine groups is 1. The van der Waals surface area contributed by atoms with Crippen molar-refractivity contribution >= 4 is 29.9 Å².